The van der Waals surface area contributed by atoms with Crippen LogP contribution in [0.15, 0.2) is 0 Å². The molecule has 38 heavy (non-hydrogen) atoms. The number of nitrogens with one attached hydrogen (secondary N) is 3. The van der Waals surface area contributed by atoms with Gasteiger partial charge in [0.15, 0.2) is 0 Å². The molecule has 0 aromatic heterocycles. The third-order valence-electron chi connectivity index (χ3n) is 5.94. The fourth-order valence-corrected chi connectivity index (χ4v) is 3.62. The van der Waals surface area contributed by atoms with Crippen LogP contribution in [0, 0.1) is 5.92 Å². The molecule has 11 heteroatoms. The molecule has 214 valence electrons. The molecule has 3 amide bonds. The average molecular weight is 538 g/mol. The minimum Gasteiger partial charge on any atom is -0.351 e. The van der Waals surface area contributed by atoms with Crippen LogP contribution in [0.5, 0.6) is 0 Å². The molecule has 0 aliphatic rings. The van der Waals surface area contributed by atoms with Gasteiger partial charge in [0.25, 0.3) is 0 Å². The third kappa shape index (κ3) is 16.5. The van der Waals surface area contributed by atoms with Crippen LogP contribution in [0.4, 0.5) is 0 Å². The molecule has 3 N–H and O–H groups in total. The van der Waals surface area contributed by atoms with Gasteiger partial charge in [0.05, 0.1) is 0 Å². The zero-order valence-corrected chi connectivity index (χ0v) is 23.4. The molecule has 0 aliphatic carbocycles. The summed E-state index contributed by atoms with van der Waals surface area (Å²) in [5.74, 6) is -3.09. The summed E-state index contributed by atoms with van der Waals surface area (Å²) in [6, 6.07) is -2.90. The molecule has 4 unspecified atom stereocenters. The summed E-state index contributed by atoms with van der Waals surface area (Å²) in [5, 5.41) is 7.89. The SMILES string of the molecule is CC(=O)CCC(CC(C)=O)NC(=O)C(CCC(C)=O)NC(=O)C(CCC(C)=O)NC(=O)C(C)CCC(C)=O. The van der Waals surface area contributed by atoms with E-state index in [2.05, 4.69) is 16.0 Å². The van der Waals surface area contributed by atoms with E-state index in [1.807, 2.05) is 0 Å². The van der Waals surface area contributed by atoms with E-state index in [4.69, 9.17) is 0 Å². The number of carbonyl (C=O) groups excluding carboxylic acids is 8. The van der Waals surface area contributed by atoms with Crippen molar-refractivity contribution in [3.63, 3.8) is 0 Å². The van der Waals surface area contributed by atoms with Crippen molar-refractivity contribution in [2.45, 2.75) is 117 Å². The standard InChI is InChI=1S/C27H43N3O8/c1-16(7-8-17(2)31)25(36)29-24(14-11-20(5)34)27(38)30-23(13-10-19(4)33)26(37)28-22(15-21(6)35)12-9-18(3)32/h16,22-24H,7-15H2,1-6H3,(H,28,37)(H,29,36)(H,30,38). The molecule has 0 saturated carbocycles. The maximum absolute atomic E-state index is 13.2. The highest BCUT2D eigenvalue weighted by Crippen LogP contribution is 2.10. The molecule has 0 aromatic carbocycles. The molecule has 0 spiro atoms. The zero-order chi connectivity index (χ0) is 29.4. The van der Waals surface area contributed by atoms with Gasteiger partial charge < -0.3 is 35.1 Å². The number of ketones is 5. The van der Waals surface area contributed by atoms with Gasteiger partial charge in [-0.3, -0.25) is 19.2 Å². The summed E-state index contributed by atoms with van der Waals surface area (Å²) in [6.07, 6.45) is 0.885. The predicted octanol–water partition coefficient (Wildman–Crippen LogP) is 1.53. The lowest BCUT2D eigenvalue weighted by atomic mass is 10.0. The van der Waals surface area contributed by atoms with Gasteiger partial charge in [-0.15, -0.1) is 0 Å². The molecule has 0 aliphatic heterocycles. The highest BCUT2D eigenvalue weighted by Gasteiger charge is 2.29. The Bertz CT molecular complexity index is 899. The highest BCUT2D eigenvalue weighted by atomic mass is 16.2. The second-order valence-corrected chi connectivity index (χ2v) is 10.1. The minimum atomic E-state index is -1.15. The van der Waals surface area contributed by atoms with Crippen LogP contribution in [-0.2, 0) is 38.4 Å². The van der Waals surface area contributed by atoms with Gasteiger partial charge in [-0.1, -0.05) is 6.92 Å². The average Bonchev–Trinajstić information content (AvgIpc) is 2.79. The molecule has 0 aromatic rings. The summed E-state index contributed by atoms with van der Waals surface area (Å²) < 4.78 is 0. The van der Waals surface area contributed by atoms with Gasteiger partial charge in [-0.25, -0.2) is 0 Å². The molecular weight excluding hydrogens is 494 g/mol. The number of rotatable bonds is 20. The number of carbonyl (C=O) groups is 8. The van der Waals surface area contributed by atoms with Gasteiger partial charge in [-0.2, -0.15) is 0 Å². The van der Waals surface area contributed by atoms with Crippen LogP contribution in [-0.4, -0.2) is 64.8 Å². The second-order valence-electron chi connectivity index (χ2n) is 10.1. The van der Waals surface area contributed by atoms with Crippen molar-refractivity contribution < 1.29 is 38.4 Å². The van der Waals surface area contributed by atoms with Crippen LogP contribution in [0.3, 0.4) is 0 Å². The number of hydrogen-bond donors (Lipinski definition) is 3. The van der Waals surface area contributed by atoms with Crippen molar-refractivity contribution in [1.82, 2.24) is 16.0 Å². The molecule has 0 bridgehead atoms. The lowest BCUT2D eigenvalue weighted by molar-refractivity contribution is -0.134. The summed E-state index contributed by atoms with van der Waals surface area (Å²) in [6.45, 7) is 8.51. The molecule has 0 radical (unpaired) electrons. The number of amides is 3. The monoisotopic (exact) mass is 537 g/mol. The molecule has 4 atom stereocenters. The minimum absolute atomic E-state index is 0.00104. The Morgan fingerprint density at radius 1 is 0.474 bits per heavy atom. The van der Waals surface area contributed by atoms with E-state index in [9.17, 15) is 38.4 Å². The summed E-state index contributed by atoms with van der Waals surface area (Å²) in [5.41, 5.74) is 0. The lowest BCUT2D eigenvalue weighted by Gasteiger charge is -2.26. The summed E-state index contributed by atoms with van der Waals surface area (Å²) >= 11 is 0. The first-order valence-electron chi connectivity index (χ1n) is 13.0. The second kappa shape index (κ2) is 18.1. The van der Waals surface area contributed by atoms with Crippen molar-refractivity contribution >= 4 is 46.6 Å². The Morgan fingerprint density at radius 2 is 0.842 bits per heavy atom. The molecule has 0 heterocycles. The predicted molar refractivity (Wildman–Crippen MR) is 140 cm³/mol. The smallest absolute Gasteiger partial charge is 0.243 e. The van der Waals surface area contributed by atoms with Crippen LogP contribution in [0.1, 0.15) is 99.3 Å². The quantitative estimate of drug-likeness (QED) is 0.210. The number of Topliss-reactive ketones (excluding diaryl/α,β-unsaturated/α-hetero) is 5. The Morgan fingerprint density at radius 3 is 1.26 bits per heavy atom. The lowest BCUT2D eigenvalue weighted by Crippen LogP contribution is -2.55. The first-order valence-corrected chi connectivity index (χ1v) is 13.0. The van der Waals surface area contributed by atoms with Gasteiger partial charge in [0.2, 0.25) is 17.7 Å². The van der Waals surface area contributed by atoms with Gasteiger partial charge in [0.1, 0.15) is 41.0 Å². The third-order valence-corrected chi connectivity index (χ3v) is 5.94. The summed E-state index contributed by atoms with van der Waals surface area (Å²) in [4.78, 5) is 96.4. The van der Waals surface area contributed by atoms with Crippen LogP contribution in [0.2, 0.25) is 0 Å². The Balaban J connectivity index is 5.67. The van der Waals surface area contributed by atoms with Crippen LogP contribution >= 0.6 is 0 Å². The van der Waals surface area contributed by atoms with Gasteiger partial charge in [-0.05, 0) is 60.3 Å². The fourth-order valence-electron chi connectivity index (χ4n) is 3.62. The fraction of sp³-hybridized carbons (Fsp3) is 0.704. The maximum atomic E-state index is 13.2. The van der Waals surface area contributed by atoms with E-state index in [1.54, 1.807) is 6.92 Å². The molecule has 0 saturated heterocycles. The summed E-state index contributed by atoms with van der Waals surface area (Å²) in [7, 11) is 0. The number of hydrogen-bond acceptors (Lipinski definition) is 8. The van der Waals surface area contributed by atoms with Crippen molar-refractivity contribution in [3.8, 4) is 0 Å². The van der Waals surface area contributed by atoms with E-state index in [0.29, 0.717) is 6.42 Å². The molecule has 11 nitrogen and oxygen atoms in total. The van der Waals surface area contributed by atoms with Crippen LogP contribution in [0.25, 0.3) is 0 Å². The van der Waals surface area contributed by atoms with E-state index >= 15 is 0 Å². The molecule has 0 fully saturated rings. The van der Waals surface area contributed by atoms with E-state index < -0.39 is 41.8 Å². The van der Waals surface area contributed by atoms with Crippen molar-refractivity contribution in [2.75, 3.05) is 0 Å². The molecular formula is C27H43N3O8. The van der Waals surface area contributed by atoms with Crippen LogP contribution < -0.4 is 16.0 Å². The van der Waals surface area contributed by atoms with Crippen molar-refractivity contribution in [3.05, 3.63) is 0 Å². The van der Waals surface area contributed by atoms with Gasteiger partial charge in [0, 0.05) is 44.1 Å². The Labute approximate surface area is 224 Å². The van der Waals surface area contributed by atoms with E-state index in [0.717, 1.165) is 0 Å². The largest absolute Gasteiger partial charge is 0.351 e. The highest BCUT2D eigenvalue weighted by molar-refractivity contribution is 5.93. The van der Waals surface area contributed by atoms with Crippen molar-refractivity contribution in [2.24, 2.45) is 5.92 Å². The molecule has 0 rings (SSSR count). The first kappa shape index (κ1) is 34.8. The Hall–Kier alpha value is -3.24. The Kier molecular flexibility index (Phi) is 16.5. The first-order chi connectivity index (χ1) is 17.6. The van der Waals surface area contributed by atoms with E-state index in [1.165, 1.54) is 34.6 Å². The maximum Gasteiger partial charge on any atom is 0.243 e. The zero-order valence-electron chi connectivity index (χ0n) is 23.4. The van der Waals surface area contributed by atoms with Gasteiger partial charge >= 0.3 is 0 Å². The topological polar surface area (TPSA) is 173 Å². The normalized spacial score (nSPS) is 13.8. The van der Waals surface area contributed by atoms with E-state index in [-0.39, 0.29) is 80.3 Å². The van der Waals surface area contributed by atoms with Crippen molar-refractivity contribution in [1.29, 1.82) is 0 Å².